The molecule has 2 aromatic carbocycles. The van der Waals surface area contributed by atoms with Crippen LogP contribution in [0.15, 0.2) is 67.0 Å². The number of benzene rings is 2. The van der Waals surface area contributed by atoms with Gasteiger partial charge in [-0.05, 0) is 29.3 Å². The first-order valence-electron chi connectivity index (χ1n) is 7.91. The lowest BCUT2D eigenvalue weighted by atomic mass is 10.1. The zero-order chi connectivity index (χ0) is 16.4. The Kier molecular flexibility index (Phi) is 3.75. The van der Waals surface area contributed by atoms with E-state index < -0.39 is 6.10 Å². The van der Waals surface area contributed by atoms with Gasteiger partial charge in [-0.25, -0.2) is 4.68 Å². The summed E-state index contributed by atoms with van der Waals surface area (Å²) in [6.07, 6.45) is 3.78. The Bertz CT molecular complexity index is 834. The molecule has 0 radical (unpaired) electrons. The molecule has 24 heavy (non-hydrogen) atoms. The molecule has 1 unspecified atom stereocenters. The van der Waals surface area contributed by atoms with Gasteiger partial charge in [-0.3, -0.25) is 4.79 Å². The van der Waals surface area contributed by atoms with Gasteiger partial charge in [0.25, 0.3) is 5.91 Å². The van der Waals surface area contributed by atoms with Gasteiger partial charge in [0, 0.05) is 25.4 Å². The van der Waals surface area contributed by atoms with Crippen LogP contribution in [-0.2, 0) is 17.8 Å². The van der Waals surface area contributed by atoms with Crippen molar-refractivity contribution in [2.24, 2.45) is 0 Å². The van der Waals surface area contributed by atoms with Crippen molar-refractivity contribution in [1.82, 2.24) is 15.1 Å². The summed E-state index contributed by atoms with van der Waals surface area (Å²) in [4.78, 5) is 12.4. The smallest absolute Gasteiger partial charge is 0.261 e. The predicted molar refractivity (Wildman–Crippen MR) is 90.0 cm³/mol. The first-order valence-corrected chi connectivity index (χ1v) is 7.91. The largest absolute Gasteiger partial charge is 0.480 e. The van der Waals surface area contributed by atoms with Crippen molar-refractivity contribution in [2.45, 2.75) is 19.1 Å². The molecule has 4 rings (SSSR count). The van der Waals surface area contributed by atoms with Crippen molar-refractivity contribution in [2.75, 3.05) is 0 Å². The third-order valence-electron chi connectivity index (χ3n) is 4.14. The van der Waals surface area contributed by atoms with E-state index in [2.05, 4.69) is 10.4 Å². The second-order valence-corrected chi connectivity index (χ2v) is 5.72. The summed E-state index contributed by atoms with van der Waals surface area (Å²) in [7, 11) is 0. The van der Waals surface area contributed by atoms with E-state index >= 15 is 0 Å². The van der Waals surface area contributed by atoms with Crippen molar-refractivity contribution >= 4 is 5.91 Å². The van der Waals surface area contributed by atoms with E-state index in [1.807, 2.05) is 60.8 Å². The normalized spacial score (nSPS) is 15.6. The van der Waals surface area contributed by atoms with Gasteiger partial charge in [0.15, 0.2) is 6.10 Å². The van der Waals surface area contributed by atoms with Gasteiger partial charge in [0.2, 0.25) is 0 Å². The Labute approximate surface area is 139 Å². The van der Waals surface area contributed by atoms with Gasteiger partial charge in [0.05, 0.1) is 5.69 Å². The molecule has 1 aromatic heterocycles. The highest BCUT2D eigenvalue weighted by Crippen LogP contribution is 2.28. The summed E-state index contributed by atoms with van der Waals surface area (Å²) in [6.45, 7) is 0.436. The number of carbonyl (C=O) groups is 1. The first kappa shape index (κ1) is 14.5. The maximum atomic E-state index is 12.4. The third-order valence-corrected chi connectivity index (χ3v) is 4.14. The monoisotopic (exact) mass is 319 g/mol. The summed E-state index contributed by atoms with van der Waals surface area (Å²) in [5.74, 6) is 0.705. The van der Waals surface area contributed by atoms with E-state index in [9.17, 15) is 4.79 Å². The fourth-order valence-corrected chi connectivity index (χ4v) is 2.92. The van der Waals surface area contributed by atoms with Crippen LogP contribution in [0, 0.1) is 0 Å². The molecule has 1 amide bonds. The SMILES string of the molecule is O=C(NCc1ccccc1-n1cccn1)C1Cc2ccccc2O1. The quantitative estimate of drug-likeness (QED) is 0.804. The van der Waals surface area contributed by atoms with Crippen molar-refractivity contribution in [3.63, 3.8) is 0 Å². The van der Waals surface area contributed by atoms with E-state index in [1.54, 1.807) is 10.9 Å². The van der Waals surface area contributed by atoms with Crippen LogP contribution in [0.3, 0.4) is 0 Å². The fourth-order valence-electron chi connectivity index (χ4n) is 2.92. The fraction of sp³-hybridized carbons (Fsp3) is 0.158. The van der Waals surface area contributed by atoms with E-state index in [4.69, 9.17) is 4.74 Å². The maximum absolute atomic E-state index is 12.4. The zero-order valence-electron chi connectivity index (χ0n) is 13.1. The third kappa shape index (κ3) is 2.76. The summed E-state index contributed by atoms with van der Waals surface area (Å²) in [5.41, 5.74) is 3.04. The Morgan fingerprint density at radius 3 is 2.83 bits per heavy atom. The molecule has 0 spiro atoms. The van der Waals surface area contributed by atoms with E-state index in [0.717, 1.165) is 22.6 Å². The number of ether oxygens (including phenoxy) is 1. The van der Waals surface area contributed by atoms with E-state index in [1.165, 1.54) is 0 Å². The molecule has 0 saturated heterocycles. The molecule has 1 N–H and O–H groups in total. The van der Waals surface area contributed by atoms with Crippen LogP contribution >= 0.6 is 0 Å². The van der Waals surface area contributed by atoms with Crippen molar-refractivity contribution < 1.29 is 9.53 Å². The van der Waals surface area contributed by atoms with Gasteiger partial charge in [-0.15, -0.1) is 0 Å². The lowest BCUT2D eigenvalue weighted by Crippen LogP contribution is -2.37. The molecule has 0 aliphatic carbocycles. The Morgan fingerprint density at radius 2 is 2.00 bits per heavy atom. The molecule has 1 aliphatic heterocycles. The van der Waals surface area contributed by atoms with Crippen molar-refractivity contribution in [1.29, 1.82) is 0 Å². The number of para-hydroxylation sites is 2. The summed E-state index contributed by atoms with van der Waals surface area (Å²) in [6, 6.07) is 17.5. The predicted octanol–water partition coefficient (Wildman–Crippen LogP) is 2.49. The number of rotatable bonds is 4. The minimum absolute atomic E-state index is 0.0959. The number of aromatic nitrogens is 2. The highest BCUT2D eigenvalue weighted by molar-refractivity contribution is 5.82. The van der Waals surface area contributed by atoms with Crippen LogP contribution in [0.1, 0.15) is 11.1 Å². The van der Waals surface area contributed by atoms with Crippen LogP contribution in [0.5, 0.6) is 5.75 Å². The second kappa shape index (κ2) is 6.20. The molecule has 1 aliphatic rings. The standard InChI is InChI=1S/C19H17N3O2/c23-19(18-12-14-6-2-4-9-17(14)24-18)20-13-15-7-1-3-8-16(15)22-11-5-10-21-22/h1-11,18H,12-13H2,(H,20,23). The molecule has 0 saturated carbocycles. The first-order chi connectivity index (χ1) is 11.8. The second-order valence-electron chi connectivity index (χ2n) is 5.72. The van der Waals surface area contributed by atoms with Crippen molar-refractivity contribution in [3.8, 4) is 11.4 Å². The number of carbonyl (C=O) groups excluding carboxylic acids is 1. The van der Waals surface area contributed by atoms with Crippen molar-refractivity contribution in [3.05, 3.63) is 78.1 Å². The lowest BCUT2D eigenvalue weighted by Gasteiger charge is -2.13. The molecular formula is C19H17N3O2. The van der Waals surface area contributed by atoms with Crippen LogP contribution in [0.4, 0.5) is 0 Å². The molecule has 1 atom stereocenters. The summed E-state index contributed by atoms with van der Waals surface area (Å²) in [5, 5.41) is 7.23. The Balaban J connectivity index is 1.44. The van der Waals surface area contributed by atoms with Crippen LogP contribution < -0.4 is 10.1 Å². The highest BCUT2D eigenvalue weighted by atomic mass is 16.5. The molecule has 3 aromatic rings. The molecular weight excluding hydrogens is 302 g/mol. The maximum Gasteiger partial charge on any atom is 0.261 e. The van der Waals surface area contributed by atoms with E-state index in [0.29, 0.717) is 13.0 Å². The average molecular weight is 319 g/mol. The van der Waals surface area contributed by atoms with Crippen LogP contribution in [0.2, 0.25) is 0 Å². The average Bonchev–Trinajstić information content (AvgIpc) is 3.29. The van der Waals surface area contributed by atoms with Crippen LogP contribution in [-0.4, -0.2) is 21.8 Å². The molecule has 120 valence electrons. The number of fused-ring (bicyclic) bond motifs is 1. The lowest BCUT2D eigenvalue weighted by molar-refractivity contribution is -0.127. The highest BCUT2D eigenvalue weighted by Gasteiger charge is 2.28. The number of amides is 1. The minimum atomic E-state index is -0.459. The van der Waals surface area contributed by atoms with Crippen LogP contribution in [0.25, 0.3) is 5.69 Å². The molecule has 2 heterocycles. The number of nitrogens with zero attached hydrogens (tertiary/aromatic N) is 2. The molecule has 0 fully saturated rings. The van der Waals surface area contributed by atoms with Gasteiger partial charge in [-0.1, -0.05) is 36.4 Å². The number of hydrogen-bond acceptors (Lipinski definition) is 3. The number of hydrogen-bond donors (Lipinski definition) is 1. The molecule has 5 heteroatoms. The van der Waals surface area contributed by atoms with E-state index in [-0.39, 0.29) is 5.91 Å². The number of nitrogens with one attached hydrogen (secondary N) is 1. The Morgan fingerprint density at radius 1 is 1.17 bits per heavy atom. The molecule has 0 bridgehead atoms. The topological polar surface area (TPSA) is 56.2 Å². The van der Waals surface area contributed by atoms with Gasteiger partial charge >= 0.3 is 0 Å². The minimum Gasteiger partial charge on any atom is -0.480 e. The zero-order valence-corrected chi connectivity index (χ0v) is 13.1. The van der Waals surface area contributed by atoms with Gasteiger partial charge in [-0.2, -0.15) is 5.10 Å². The van der Waals surface area contributed by atoms with Gasteiger partial charge < -0.3 is 10.1 Å². The summed E-state index contributed by atoms with van der Waals surface area (Å²) < 4.78 is 7.53. The molecule has 5 nitrogen and oxygen atoms in total. The summed E-state index contributed by atoms with van der Waals surface area (Å²) >= 11 is 0. The van der Waals surface area contributed by atoms with Gasteiger partial charge in [0.1, 0.15) is 5.75 Å². The Hall–Kier alpha value is -3.08.